The highest BCUT2D eigenvalue weighted by Gasteiger charge is 2.30. The van der Waals surface area contributed by atoms with E-state index in [1.54, 1.807) is 50.4 Å². The summed E-state index contributed by atoms with van der Waals surface area (Å²) in [5, 5.41) is 9.12. The molecule has 0 aliphatic rings. The van der Waals surface area contributed by atoms with Crippen LogP contribution >= 0.6 is 11.3 Å². The third-order valence-corrected chi connectivity index (χ3v) is 6.10. The van der Waals surface area contributed by atoms with Crippen molar-refractivity contribution in [1.82, 2.24) is 4.98 Å². The van der Waals surface area contributed by atoms with E-state index in [1.165, 1.54) is 23.5 Å². The van der Waals surface area contributed by atoms with Crippen LogP contribution in [0, 0.1) is 6.92 Å². The van der Waals surface area contributed by atoms with Gasteiger partial charge in [0.25, 0.3) is 11.8 Å². The number of nitrogens with zero attached hydrogens (tertiary/aromatic N) is 1. The van der Waals surface area contributed by atoms with Gasteiger partial charge in [-0.3, -0.25) is 9.59 Å². The molecule has 4 aromatic rings. The number of thiazole rings is 1. The molecule has 4 rings (SSSR count). The van der Waals surface area contributed by atoms with Crippen LogP contribution in [-0.4, -0.2) is 23.8 Å². The number of alkyl halides is 3. The van der Waals surface area contributed by atoms with Gasteiger partial charge in [0.05, 0.1) is 15.8 Å². The van der Waals surface area contributed by atoms with E-state index in [-0.39, 0.29) is 11.5 Å². The van der Waals surface area contributed by atoms with Crippen molar-refractivity contribution in [3.05, 3.63) is 82.9 Å². The highest BCUT2D eigenvalue weighted by molar-refractivity contribution is 7.22. The summed E-state index contributed by atoms with van der Waals surface area (Å²) in [6, 6.07) is 14.2. The maximum absolute atomic E-state index is 12.9. The molecule has 174 valence electrons. The number of benzene rings is 3. The monoisotopic (exact) mass is 484 g/mol. The van der Waals surface area contributed by atoms with Gasteiger partial charge in [-0.1, -0.05) is 23.5 Å². The van der Waals surface area contributed by atoms with Crippen molar-refractivity contribution in [2.75, 3.05) is 23.0 Å². The van der Waals surface area contributed by atoms with Crippen LogP contribution < -0.4 is 16.0 Å². The van der Waals surface area contributed by atoms with Crippen molar-refractivity contribution in [3.8, 4) is 0 Å². The molecule has 0 aliphatic heterocycles. The summed E-state index contributed by atoms with van der Waals surface area (Å²) in [6.07, 6.45) is -4.55. The lowest BCUT2D eigenvalue weighted by Crippen LogP contribution is -2.15. The van der Waals surface area contributed by atoms with Crippen molar-refractivity contribution in [3.63, 3.8) is 0 Å². The third-order valence-electron chi connectivity index (χ3n) is 5.06. The van der Waals surface area contributed by atoms with Crippen LogP contribution in [0.2, 0.25) is 0 Å². The number of carbonyl (C=O) groups excluding carboxylic acids is 2. The first-order valence-electron chi connectivity index (χ1n) is 10.1. The summed E-state index contributed by atoms with van der Waals surface area (Å²) in [5.41, 5.74) is 1.74. The Morgan fingerprint density at radius 1 is 0.912 bits per heavy atom. The van der Waals surface area contributed by atoms with Crippen LogP contribution in [-0.2, 0) is 6.18 Å². The number of hydrogen-bond acceptors (Lipinski definition) is 5. The van der Waals surface area contributed by atoms with Crippen molar-refractivity contribution >= 4 is 49.9 Å². The number of aromatic nitrogens is 1. The molecular formula is C24H19F3N4O2S. The van der Waals surface area contributed by atoms with Gasteiger partial charge in [-0.05, 0) is 61.0 Å². The first-order valence-corrected chi connectivity index (χ1v) is 10.9. The average molecular weight is 485 g/mol. The molecular weight excluding hydrogens is 465 g/mol. The summed E-state index contributed by atoms with van der Waals surface area (Å²) < 4.78 is 39.7. The molecule has 3 aromatic carbocycles. The fourth-order valence-corrected chi connectivity index (χ4v) is 4.10. The Kier molecular flexibility index (Phi) is 6.25. The average Bonchev–Trinajstić information content (AvgIpc) is 3.23. The van der Waals surface area contributed by atoms with Crippen LogP contribution in [0.5, 0.6) is 0 Å². The maximum Gasteiger partial charge on any atom is 0.416 e. The number of hydrogen-bond donors (Lipinski definition) is 3. The minimum Gasteiger partial charge on any atom is -0.365 e. The van der Waals surface area contributed by atoms with E-state index in [0.717, 1.165) is 33.0 Å². The molecule has 2 amide bonds. The van der Waals surface area contributed by atoms with Gasteiger partial charge in [-0.25, -0.2) is 4.98 Å². The number of amides is 2. The van der Waals surface area contributed by atoms with Crippen molar-refractivity contribution in [2.24, 2.45) is 0 Å². The van der Waals surface area contributed by atoms with E-state index in [9.17, 15) is 22.8 Å². The molecule has 0 atom stereocenters. The fourth-order valence-electron chi connectivity index (χ4n) is 3.24. The van der Waals surface area contributed by atoms with Gasteiger partial charge in [0, 0.05) is 29.5 Å². The molecule has 3 N–H and O–H groups in total. The quantitative estimate of drug-likeness (QED) is 0.316. The van der Waals surface area contributed by atoms with Crippen LogP contribution in [0.1, 0.15) is 31.8 Å². The molecule has 0 fully saturated rings. The number of carbonyl (C=O) groups is 2. The van der Waals surface area contributed by atoms with E-state index in [0.29, 0.717) is 16.9 Å². The van der Waals surface area contributed by atoms with E-state index in [2.05, 4.69) is 20.9 Å². The first kappa shape index (κ1) is 23.2. The van der Waals surface area contributed by atoms with E-state index in [4.69, 9.17) is 0 Å². The summed E-state index contributed by atoms with van der Waals surface area (Å²) in [6.45, 7) is 1.79. The minimum absolute atomic E-state index is 0.125. The summed E-state index contributed by atoms with van der Waals surface area (Å²) in [7, 11) is 1.77. The molecule has 0 radical (unpaired) electrons. The van der Waals surface area contributed by atoms with Crippen LogP contribution in [0.25, 0.3) is 10.2 Å². The lowest BCUT2D eigenvalue weighted by molar-refractivity contribution is -0.137. The lowest BCUT2D eigenvalue weighted by atomic mass is 10.1. The zero-order valence-electron chi connectivity index (χ0n) is 18.1. The van der Waals surface area contributed by atoms with Gasteiger partial charge in [0.2, 0.25) is 0 Å². The highest BCUT2D eigenvalue weighted by Crippen LogP contribution is 2.30. The van der Waals surface area contributed by atoms with Gasteiger partial charge in [0.1, 0.15) is 0 Å². The van der Waals surface area contributed by atoms with Gasteiger partial charge in [-0.2, -0.15) is 13.2 Å². The number of nitrogens with one attached hydrogen (secondary N) is 3. The SMILES string of the molecule is CNc1nc2ccc(C(=O)Nc3cc(NC(=O)c4cccc(C(F)(F)F)c4)ccc3C)cc2s1. The molecule has 34 heavy (non-hydrogen) atoms. The molecule has 0 aliphatic carbocycles. The predicted molar refractivity (Wildman–Crippen MR) is 128 cm³/mol. The van der Waals surface area contributed by atoms with Crippen LogP contribution in [0.3, 0.4) is 0 Å². The molecule has 0 saturated heterocycles. The summed E-state index contributed by atoms with van der Waals surface area (Å²) in [5.74, 6) is -1.03. The number of fused-ring (bicyclic) bond motifs is 1. The number of halogens is 3. The predicted octanol–water partition coefficient (Wildman–Crippen LogP) is 6.17. The standard InChI is InChI=1S/C24H19F3N4O2S/c1-13-6-8-17(29-21(32)14-4-3-5-16(10-14)24(25,26)27)12-19(13)30-22(33)15-7-9-18-20(11-15)34-23(28-2)31-18/h3-12H,1-2H3,(H,28,31)(H,29,32)(H,30,33). The number of rotatable bonds is 5. The highest BCUT2D eigenvalue weighted by atomic mass is 32.1. The Hall–Kier alpha value is -3.92. The van der Waals surface area contributed by atoms with Crippen molar-refractivity contribution in [1.29, 1.82) is 0 Å². The molecule has 10 heteroatoms. The van der Waals surface area contributed by atoms with Crippen molar-refractivity contribution < 1.29 is 22.8 Å². The zero-order valence-corrected chi connectivity index (χ0v) is 18.9. The molecule has 1 heterocycles. The molecule has 0 saturated carbocycles. The number of aryl methyl sites for hydroxylation is 1. The lowest BCUT2D eigenvalue weighted by Gasteiger charge is -2.13. The Labute approximate surface area is 196 Å². The van der Waals surface area contributed by atoms with E-state index < -0.39 is 17.6 Å². The largest absolute Gasteiger partial charge is 0.416 e. The van der Waals surface area contributed by atoms with Gasteiger partial charge in [0.15, 0.2) is 5.13 Å². The smallest absolute Gasteiger partial charge is 0.365 e. The molecule has 6 nitrogen and oxygen atoms in total. The topological polar surface area (TPSA) is 83.1 Å². The van der Waals surface area contributed by atoms with Crippen LogP contribution in [0.15, 0.2) is 60.7 Å². The molecule has 0 bridgehead atoms. The first-order chi connectivity index (χ1) is 16.1. The normalized spacial score (nSPS) is 11.3. The minimum atomic E-state index is -4.55. The fraction of sp³-hybridized carbons (Fsp3) is 0.125. The second-order valence-corrected chi connectivity index (χ2v) is 8.50. The Balaban J connectivity index is 1.52. The molecule has 0 unspecified atom stereocenters. The second-order valence-electron chi connectivity index (χ2n) is 7.47. The Bertz CT molecular complexity index is 1400. The van der Waals surface area contributed by atoms with Crippen molar-refractivity contribution in [2.45, 2.75) is 13.1 Å². The van der Waals surface area contributed by atoms with Crippen LogP contribution in [0.4, 0.5) is 29.7 Å². The zero-order chi connectivity index (χ0) is 24.5. The molecule has 1 aromatic heterocycles. The number of anilines is 3. The summed E-state index contributed by atoms with van der Waals surface area (Å²) in [4.78, 5) is 29.7. The maximum atomic E-state index is 12.9. The van der Waals surface area contributed by atoms with Gasteiger partial charge in [-0.15, -0.1) is 0 Å². The Morgan fingerprint density at radius 2 is 1.65 bits per heavy atom. The molecule has 0 spiro atoms. The third kappa shape index (κ3) is 5.01. The Morgan fingerprint density at radius 3 is 2.38 bits per heavy atom. The van der Waals surface area contributed by atoms with Gasteiger partial charge < -0.3 is 16.0 Å². The second kappa shape index (κ2) is 9.14. The van der Waals surface area contributed by atoms with E-state index in [1.807, 2.05) is 0 Å². The van der Waals surface area contributed by atoms with Gasteiger partial charge >= 0.3 is 6.18 Å². The van der Waals surface area contributed by atoms with E-state index >= 15 is 0 Å². The summed E-state index contributed by atoms with van der Waals surface area (Å²) >= 11 is 1.43.